The predicted octanol–water partition coefficient (Wildman–Crippen LogP) is 2.71. The number of hydrogen-bond acceptors (Lipinski definition) is 3. The lowest BCUT2D eigenvalue weighted by Gasteiger charge is -1.98. The highest BCUT2D eigenvalue weighted by Crippen LogP contribution is 2.27. The van der Waals surface area contributed by atoms with E-state index in [9.17, 15) is 0 Å². The molecular formula is C10H9ClN2OS. The van der Waals surface area contributed by atoms with Crippen molar-refractivity contribution in [1.29, 1.82) is 0 Å². The Balaban J connectivity index is 2.14. The van der Waals surface area contributed by atoms with Gasteiger partial charge in [0, 0.05) is 9.92 Å². The summed E-state index contributed by atoms with van der Waals surface area (Å²) < 4.78 is 0. The molecule has 0 fully saturated rings. The number of rotatable bonds is 3. The smallest absolute Gasteiger partial charge is 0.132 e. The number of nitrogens with one attached hydrogen (secondary N) is 1. The van der Waals surface area contributed by atoms with E-state index < -0.39 is 0 Å². The van der Waals surface area contributed by atoms with Crippen molar-refractivity contribution in [1.82, 2.24) is 9.97 Å². The highest BCUT2D eigenvalue weighted by Gasteiger charge is 2.02. The summed E-state index contributed by atoms with van der Waals surface area (Å²) in [5.74, 6) is 0.569. The van der Waals surface area contributed by atoms with Gasteiger partial charge in [-0.25, -0.2) is 4.98 Å². The second-order valence-electron chi connectivity index (χ2n) is 2.91. The van der Waals surface area contributed by atoms with Crippen LogP contribution in [0.3, 0.4) is 0 Å². The van der Waals surface area contributed by atoms with Crippen LogP contribution >= 0.6 is 23.4 Å². The van der Waals surface area contributed by atoms with E-state index in [1.165, 1.54) is 11.8 Å². The third-order valence-electron chi connectivity index (χ3n) is 1.78. The van der Waals surface area contributed by atoms with Gasteiger partial charge in [0.25, 0.3) is 0 Å². The fourth-order valence-corrected chi connectivity index (χ4v) is 2.25. The SMILES string of the molecule is OCc1ncc(Sc2cccc(Cl)c2)[nH]1. The molecule has 1 aromatic carbocycles. The van der Waals surface area contributed by atoms with E-state index in [1.807, 2.05) is 24.3 Å². The van der Waals surface area contributed by atoms with Gasteiger partial charge in [-0.1, -0.05) is 29.4 Å². The topological polar surface area (TPSA) is 48.9 Å². The van der Waals surface area contributed by atoms with Crippen LogP contribution in [-0.2, 0) is 6.61 Å². The lowest BCUT2D eigenvalue weighted by atomic mass is 10.4. The minimum Gasteiger partial charge on any atom is -0.388 e. The summed E-state index contributed by atoms with van der Waals surface area (Å²) in [5.41, 5.74) is 0. The Bertz CT molecular complexity index is 458. The van der Waals surface area contributed by atoms with Gasteiger partial charge in [-0.15, -0.1) is 0 Å². The Morgan fingerprint density at radius 1 is 1.47 bits per heavy atom. The molecule has 0 radical (unpaired) electrons. The van der Waals surface area contributed by atoms with Crippen molar-refractivity contribution in [3.05, 3.63) is 41.3 Å². The van der Waals surface area contributed by atoms with Gasteiger partial charge >= 0.3 is 0 Å². The van der Waals surface area contributed by atoms with Crippen molar-refractivity contribution in [3.63, 3.8) is 0 Å². The monoisotopic (exact) mass is 240 g/mol. The van der Waals surface area contributed by atoms with Gasteiger partial charge in [-0.3, -0.25) is 0 Å². The molecule has 0 amide bonds. The fraction of sp³-hybridized carbons (Fsp3) is 0.100. The van der Waals surface area contributed by atoms with Crippen LogP contribution < -0.4 is 0 Å². The summed E-state index contributed by atoms with van der Waals surface area (Å²) in [7, 11) is 0. The Morgan fingerprint density at radius 2 is 2.33 bits per heavy atom. The lowest BCUT2D eigenvalue weighted by Crippen LogP contribution is -1.83. The van der Waals surface area contributed by atoms with Gasteiger partial charge in [-0.05, 0) is 18.2 Å². The number of imidazole rings is 1. The van der Waals surface area contributed by atoms with Crippen LogP contribution in [0.5, 0.6) is 0 Å². The Hall–Kier alpha value is -0.970. The zero-order chi connectivity index (χ0) is 10.7. The minimum atomic E-state index is -0.0733. The number of aromatic amines is 1. The van der Waals surface area contributed by atoms with Crippen LogP contribution in [-0.4, -0.2) is 15.1 Å². The van der Waals surface area contributed by atoms with Crippen LogP contribution in [0, 0.1) is 0 Å². The number of aliphatic hydroxyl groups excluding tert-OH is 1. The first-order valence-electron chi connectivity index (χ1n) is 4.36. The van der Waals surface area contributed by atoms with Crippen LogP contribution in [0.25, 0.3) is 0 Å². The third kappa shape index (κ3) is 2.75. The summed E-state index contributed by atoms with van der Waals surface area (Å²) in [5, 5.41) is 10.4. The van der Waals surface area contributed by atoms with E-state index in [0.717, 1.165) is 9.92 Å². The number of H-pyrrole nitrogens is 1. The highest BCUT2D eigenvalue weighted by molar-refractivity contribution is 7.99. The van der Waals surface area contributed by atoms with Gasteiger partial charge in [0.05, 0.1) is 11.2 Å². The summed E-state index contributed by atoms with van der Waals surface area (Å²) in [6.07, 6.45) is 1.69. The normalized spacial score (nSPS) is 10.5. The number of nitrogens with zero attached hydrogens (tertiary/aromatic N) is 1. The summed E-state index contributed by atoms with van der Waals surface area (Å²) in [6.45, 7) is -0.0733. The minimum absolute atomic E-state index is 0.0733. The third-order valence-corrected chi connectivity index (χ3v) is 2.93. The molecule has 1 heterocycles. The van der Waals surface area contributed by atoms with Crippen molar-refractivity contribution in [3.8, 4) is 0 Å². The quantitative estimate of drug-likeness (QED) is 0.867. The molecule has 78 valence electrons. The van der Waals surface area contributed by atoms with E-state index in [0.29, 0.717) is 10.8 Å². The maximum atomic E-state index is 8.84. The van der Waals surface area contributed by atoms with Gasteiger partial charge < -0.3 is 10.1 Å². The molecule has 2 rings (SSSR count). The first kappa shape index (κ1) is 10.5. The molecule has 15 heavy (non-hydrogen) atoms. The maximum absolute atomic E-state index is 8.84. The maximum Gasteiger partial charge on any atom is 0.132 e. The second kappa shape index (κ2) is 4.70. The van der Waals surface area contributed by atoms with Crippen molar-refractivity contribution >= 4 is 23.4 Å². The molecule has 1 aromatic heterocycles. The van der Waals surface area contributed by atoms with Crippen molar-refractivity contribution in [2.75, 3.05) is 0 Å². The van der Waals surface area contributed by atoms with E-state index >= 15 is 0 Å². The van der Waals surface area contributed by atoms with Crippen molar-refractivity contribution < 1.29 is 5.11 Å². The zero-order valence-electron chi connectivity index (χ0n) is 7.77. The molecule has 0 aliphatic rings. The van der Waals surface area contributed by atoms with E-state index in [-0.39, 0.29) is 6.61 Å². The zero-order valence-corrected chi connectivity index (χ0v) is 9.35. The van der Waals surface area contributed by atoms with Gasteiger partial charge in [0.1, 0.15) is 12.4 Å². The molecule has 3 nitrogen and oxygen atoms in total. The predicted molar refractivity (Wildman–Crippen MR) is 60.1 cm³/mol. The van der Waals surface area contributed by atoms with E-state index in [2.05, 4.69) is 9.97 Å². The number of aromatic nitrogens is 2. The molecule has 5 heteroatoms. The molecule has 0 saturated heterocycles. The van der Waals surface area contributed by atoms with Gasteiger partial charge in [0.15, 0.2) is 0 Å². The van der Waals surface area contributed by atoms with Crippen molar-refractivity contribution in [2.24, 2.45) is 0 Å². The van der Waals surface area contributed by atoms with Crippen LogP contribution in [0.1, 0.15) is 5.82 Å². The summed E-state index contributed by atoms with van der Waals surface area (Å²) in [6, 6.07) is 7.58. The molecule has 2 aromatic rings. The molecule has 0 saturated carbocycles. The first-order valence-corrected chi connectivity index (χ1v) is 5.55. The first-order chi connectivity index (χ1) is 7.28. The number of halogens is 1. The number of hydrogen-bond donors (Lipinski definition) is 2. The van der Waals surface area contributed by atoms with Crippen LogP contribution in [0.4, 0.5) is 0 Å². The fourth-order valence-electron chi connectivity index (χ4n) is 1.13. The standard InChI is InChI=1S/C10H9ClN2OS/c11-7-2-1-3-8(4-7)15-10-5-12-9(6-14)13-10/h1-5,14H,6H2,(H,12,13). The van der Waals surface area contributed by atoms with E-state index in [4.69, 9.17) is 16.7 Å². The van der Waals surface area contributed by atoms with Gasteiger partial charge in [0.2, 0.25) is 0 Å². The second-order valence-corrected chi connectivity index (χ2v) is 4.46. The molecular weight excluding hydrogens is 232 g/mol. The Kier molecular flexibility index (Phi) is 3.30. The average Bonchev–Trinajstić information content (AvgIpc) is 2.65. The Labute approximate surface area is 96.5 Å². The molecule has 0 atom stereocenters. The Morgan fingerprint density at radius 3 is 3.00 bits per heavy atom. The highest BCUT2D eigenvalue weighted by atomic mass is 35.5. The largest absolute Gasteiger partial charge is 0.388 e. The van der Waals surface area contributed by atoms with Crippen LogP contribution in [0.2, 0.25) is 5.02 Å². The molecule has 2 N–H and O–H groups in total. The molecule has 0 bridgehead atoms. The van der Waals surface area contributed by atoms with Crippen LogP contribution in [0.15, 0.2) is 40.4 Å². The molecule has 0 spiro atoms. The van der Waals surface area contributed by atoms with Gasteiger partial charge in [-0.2, -0.15) is 0 Å². The van der Waals surface area contributed by atoms with Crippen molar-refractivity contribution in [2.45, 2.75) is 16.5 Å². The summed E-state index contributed by atoms with van der Waals surface area (Å²) >= 11 is 7.39. The average molecular weight is 241 g/mol. The lowest BCUT2D eigenvalue weighted by molar-refractivity contribution is 0.272. The number of aliphatic hydroxyl groups is 1. The molecule has 0 aliphatic carbocycles. The number of benzene rings is 1. The molecule has 0 unspecified atom stereocenters. The summed E-state index contributed by atoms with van der Waals surface area (Å²) in [4.78, 5) is 8.02. The van der Waals surface area contributed by atoms with E-state index in [1.54, 1.807) is 6.20 Å². The molecule has 0 aliphatic heterocycles.